The van der Waals surface area contributed by atoms with Gasteiger partial charge in [-0.2, -0.15) is 10.0 Å². The number of hydrogen-bond donors (Lipinski definition) is 0. The molecular weight excluding hydrogens is 376 g/mol. The van der Waals surface area contributed by atoms with Crippen molar-refractivity contribution in [3.63, 3.8) is 0 Å². The Bertz CT molecular complexity index is 933. The molecule has 2 aromatic carbocycles. The average Bonchev–Trinajstić information content (AvgIpc) is 3.32. The Balaban J connectivity index is 0.000000200. The van der Waals surface area contributed by atoms with E-state index in [1.165, 1.54) is 17.7 Å². The minimum absolute atomic E-state index is 0.0526. The second-order valence-corrected chi connectivity index (χ2v) is 11.4. The first-order valence-electron chi connectivity index (χ1n) is 10.3. The van der Waals surface area contributed by atoms with E-state index in [9.17, 15) is 4.79 Å². The number of fused-ring (bicyclic) bond motifs is 1. The highest BCUT2D eigenvalue weighted by Gasteiger charge is 2.28. The maximum absolute atomic E-state index is 11.0. The van der Waals surface area contributed by atoms with Crippen LogP contribution in [0.2, 0.25) is 0 Å². The molecule has 1 unspecified atom stereocenters. The summed E-state index contributed by atoms with van der Waals surface area (Å²) in [5.74, 6) is 1.79. The normalized spacial score (nSPS) is 19.4. The second-order valence-electron chi connectivity index (χ2n) is 8.27. The largest absolute Gasteiger partial charge is 0.490 e. The van der Waals surface area contributed by atoms with Gasteiger partial charge in [0, 0.05) is 4.90 Å². The third-order valence-corrected chi connectivity index (χ3v) is 7.67. The summed E-state index contributed by atoms with van der Waals surface area (Å²) >= 11 is 0. The van der Waals surface area contributed by atoms with E-state index in [4.69, 9.17) is 4.74 Å². The first kappa shape index (κ1) is 21.4. The van der Waals surface area contributed by atoms with Gasteiger partial charge in [-0.05, 0) is 91.5 Å². The van der Waals surface area contributed by atoms with Crippen LogP contribution in [0.4, 0.5) is 0 Å². The monoisotopic (exact) mass is 408 g/mol. The van der Waals surface area contributed by atoms with Gasteiger partial charge < -0.3 is 4.74 Å². The molecule has 0 saturated heterocycles. The number of ether oxygens (including phenoxy) is 1. The predicted octanol–water partition coefficient (Wildman–Crippen LogP) is 7.09. The van der Waals surface area contributed by atoms with Crippen LogP contribution in [0.25, 0.3) is 6.08 Å². The molecule has 3 heteroatoms. The quantitative estimate of drug-likeness (QED) is 0.494. The number of carbonyl (C=O) groups excluding carboxylic acids is 1. The molecule has 1 atom stereocenters. The van der Waals surface area contributed by atoms with Gasteiger partial charge in [-0.3, -0.25) is 4.79 Å². The SMILES string of the molecule is CC(=O)/C=C/c1ccc(S2(C)C=C2)c(OC(C)C)c1.CC1CCc2ccccc21. The van der Waals surface area contributed by atoms with E-state index < -0.39 is 10.0 Å². The Hall–Kier alpha value is -2.26. The lowest BCUT2D eigenvalue weighted by molar-refractivity contribution is -0.112. The van der Waals surface area contributed by atoms with Gasteiger partial charge in [0.2, 0.25) is 0 Å². The Morgan fingerprint density at radius 2 is 1.90 bits per heavy atom. The van der Waals surface area contributed by atoms with Crippen LogP contribution >= 0.6 is 10.0 Å². The number of allylic oxidation sites excluding steroid dienone is 1. The molecule has 0 amide bonds. The van der Waals surface area contributed by atoms with Crippen LogP contribution in [0.1, 0.15) is 56.7 Å². The van der Waals surface area contributed by atoms with E-state index in [1.807, 2.05) is 32.1 Å². The summed E-state index contributed by atoms with van der Waals surface area (Å²) < 4.78 is 5.92. The topological polar surface area (TPSA) is 26.3 Å². The highest BCUT2D eigenvalue weighted by Crippen LogP contribution is 2.68. The molecule has 1 heterocycles. The first-order valence-corrected chi connectivity index (χ1v) is 12.5. The number of rotatable bonds is 5. The standard InChI is InChI=1S/C16H20O2S.C10H12/c1-12(2)18-15-11-14(6-5-13(3)17)7-8-16(15)19(4)9-10-19;1-8-6-7-9-4-2-3-5-10(8)9/h5-12H,1-4H3;2-5,8H,6-7H2,1H3/b6-5+;. The van der Waals surface area contributed by atoms with Gasteiger partial charge in [0.25, 0.3) is 0 Å². The van der Waals surface area contributed by atoms with Crippen molar-refractivity contribution in [2.24, 2.45) is 0 Å². The summed E-state index contributed by atoms with van der Waals surface area (Å²) in [7, 11) is -0.843. The molecule has 1 aliphatic carbocycles. The van der Waals surface area contributed by atoms with Crippen molar-refractivity contribution in [1.82, 2.24) is 0 Å². The number of ketones is 1. The van der Waals surface area contributed by atoms with E-state index in [0.29, 0.717) is 0 Å². The molecule has 0 aromatic heterocycles. The van der Waals surface area contributed by atoms with Crippen LogP contribution in [0.3, 0.4) is 0 Å². The lowest BCUT2D eigenvalue weighted by atomic mass is 10.0. The fraction of sp³-hybridized carbons (Fsp3) is 0.346. The fourth-order valence-corrected chi connectivity index (χ4v) is 5.41. The van der Waals surface area contributed by atoms with Crippen LogP contribution in [0.15, 0.2) is 64.3 Å². The highest BCUT2D eigenvalue weighted by atomic mass is 32.3. The molecule has 0 bridgehead atoms. The third kappa shape index (κ3) is 5.63. The first-order chi connectivity index (χ1) is 13.8. The average molecular weight is 409 g/mol. The Morgan fingerprint density at radius 3 is 2.52 bits per heavy atom. The van der Waals surface area contributed by atoms with Gasteiger partial charge >= 0.3 is 0 Å². The van der Waals surface area contributed by atoms with Crippen molar-refractivity contribution in [3.8, 4) is 5.75 Å². The molecule has 0 radical (unpaired) electrons. The maximum Gasteiger partial charge on any atom is 0.152 e. The molecule has 2 aliphatic rings. The van der Waals surface area contributed by atoms with Gasteiger partial charge in [-0.1, -0.05) is 43.3 Å². The van der Waals surface area contributed by atoms with Crippen molar-refractivity contribution >= 4 is 21.9 Å². The van der Waals surface area contributed by atoms with Crippen LogP contribution in [-0.2, 0) is 11.2 Å². The van der Waals surface area contributed by atoms with Crippen molar-refractivity contribution in [2.45, 2.75) is 57.5 Å². The van der Waals surface area contributed by atoms with Crippen LogP contribution < -0.4 is 4.74 Å². The number of carbonyl (C=O) groups is 1. The van der Waals surface area contributed by atoms with Crippen molar-refractivity contribution in [2.75, 3.05) is 6.26 Å². The van der Waals surface area contributed by atoms with E-state index in [0.717, 1.165) is 17.2 Å². The van der Waals surface area contributed by atoms with Crippen molar-refractivity contribution < 1.29 is 9.53 Å². The van der Waals surface area contributed by atoms with Gasteiger partial charge in [0.15, 0.2) is 5.78 Å². The van der Waals surface area contributed by atoms with E-state index in [2.05, 4.69) is 54.3 Å². The van der Waals surface area contributed by atoms with Crippen LogP contribution in [0.5, 0.6) is 5.75 Å². The molecule has 0 spiro atoms. The zero-order valence-electron chi connectivity index (χ0n) is 18.1. The molecular formula is C26H32O2S. The van der Waals surface area contributed by atoms with E-state index >= 15 is 0 Å². The summed E-state index contributed by atoms with van der Waals surface area (Å²) in [5.41, 5.74) is 4.13. The minimum Gasteiger partial charge on any atom is -0.490 e. The lowest BCUT2D eigenvalue weighted by Gasteiger charge is -2.21. The van der Waals surface area contributed by atoms with Crippen molar-refractivity contribution in [3.05, 3.63) is 76.0 Å². The molecule has 154 valence electrons. The third-order valence-electron chi connectivity index (χ3n) is 5.29. The zero-order valence-corrected chi connectivity index (χ0v) is 19.0. The number of aryl methyl sites for hydroxylation is 1. The van der Waals surface area contributed by atoms with Gasteiger partial charge in [-0.15, -0.1) is 0 Å². The molecule has 0 fully saturated rings. The summed E-state index contributed by atoms with van der Waals surface area (Å²) in [4.78, 5) is 12.3. The van der Waals surface area contributed by atoms with E-state index in [1.54, 1.807) is 24.1 Å². The smallest absolute Gasteiger partial charge is 0.152 e. The number of benzene rings is 2. The molecule has 2 nitrogen and oxygen atoms in total. The fourth-order valence-electron chi connectivity index (χ4n) is 3.55. The Labute approximate surface area is 177 Å². The molecule has 0 saturated carbocycles. The van der Waals surface area contributed by atoms with Crippen LogP contribution in [0, 0.1) is 0 Å². The Morgan fingerprint density at radius 1 is 1.17 bits per heavy atom. The molecule has 4 rings (SSSR count). The summed E-state index contributed by atoms with van der Waals surface area (Å²) in [6, 6.07) is 15.0. The molecule has 1 aliphatic heterocycles. The predicted molar refractivity (Wildman–Crippen MR) is 126 cm³/mol. The highest BCUT2D eigenvalue weighted by molar-refractivity contribution is 8.43. The van der Waals surface area contributed by atoms with Crippen LogP contribution in [-0.4, -0.2) is 18.1 Å². The summed E-state index contributed by atoms with van der Waals surface area (Å²) in [6.45, 7) is 7.92. The molecule has 29 heavy (non-hydrogen) atoms. The minimum atomic E-state index is -0.843. The van der Waals surface area contributed by atoms with Crippen molar-refractivity contribution in [1.29, 1.82) is 0 Å². The maximum atomic E-state index is 11.0. The van der Waals surface area contributed by atoms with Gasteiger partial charge in [0.1, 0.15) is 5.75 Å². The summed E-state index contributed by atoms with van der Waals surface area (Å²) in [6.07, 6.45) is 8.44. The van der Waals surface area contributed by atoms with Gasteiger partial charge in [-0.25, -0.2) is 0 Å². The van der Waals surface area contributed by atoms with E-state index in [-0.39, 0.29) is 11.9 Å². The number of hydrogen-bond acceptors (Lipinski definition) is 2. The Kier molecular flexibility index (Phi) is 6.69. The molecule has 0 N–H and O–H groups in total. The second kappa shape index (κ2) is 9.04. The lowest BCUT2D eigenvalue weighted by Crippen LogP contribution is -2.07. The zero-order chi connectivity index (χ0) is 21.0. The molecule has 2 aromatic rings. The summed E-state index contributed by atoms with van der Waals surface area (Å²) in [5, 5.41) is 4.50. The van der Waals surface area contributed by atoms with Gasteiger partial charge in [0.05, 0.1) is 6.10 Å².